The van der Waals surface area contributed by atoms with Gasteiger partial charge >= 0.3 is 5.97 Å². The maximum absolute atomic E-state index is 11.8. The largest absolute Gasteiger partial charge is 0.493 e. The lowest BCUT2D eigenvalue weighted by atomic mass is 10.2. The Bertz CT molecular complexity index is 839. The van der Waals surface area contributed by atoms with E-state index in [1.54, 1.807) is 64.9 Å². The fraction of sp³-hybridized carbons (Fsp3) is 0.190. The summed E-state index contributed by atoms with van der Waals surface area (Å²) in [7, 11) is 6.25. The second-order valence-corrected chi connectivity index (χ2v) is 5.30. The Morgan fingerprint density at radius 2 is 1.19 bits per heavy atom. The molecule has 2 rings (SSSR count). The molecule has 0 radical (unpaired) electrons. The Morgan fingerprint density at radius 3 is 1.67 bits per heavy atom. The molecule has 0 bridgehead atoms. The Labute approximate surface area is 158 Å². The normalized spacial score (nSPS) is 10.8. The fourth-order valence-electron chi connectivity index (χ4n) is 2.30. The zero-order chi connectivity index (χ0) is 19.6. The molecule has 0 atom stereocenters. The highest BCUT2D eigenvalue weighted by Crippen LogP contribution is 2.28. The molecule has 27 heavy (non-hydrogen) atoms. The van der Waals surface area contributed by atoms with Gasteiger partial charge in [-0.2, -0.15) is 0 Å². The third-order valence-corrected chi connectivity index (χ3v) is 3.67. The molecule has 142 valence electrons. The summed E-state index contributed by atoms with van der Waals surface area (Å²) in [5.41, 5.74) is 1.60. The Morgan fingerprint density at radius 1 is 0.704 bits per heavy atom. The molecule has 0 aliphatic heterocycles. The van der Waals surface area contributed by atoms with Crippen LogP contribution in [0.4, 0.5) is 0 Å². The maximum atomic E-state index is 11.8. The van der Waals surface area contributed by atoms with Gasteiger partial charge in [0.1, 0.15) is 0 Å². The molecule has 6 heteroatoms. The number of carbonyl (C=O) groups is 1. The summed E-state index contributed by atoms with van der Waals surface area (Å²) in [6.07, 6.45) is 5.95. The summed E-state index contributed by atoms with van der Waals surface area (Å²) in [5.74, 6) is 1.93. The number of hydrogen-bond donors (Lipinski definition) is 0. The van der Waals surface area contributed by atoms with E-state index >= 15 is 0 Å². The molecule has 0 saturated heterocycles. The number of carbonyl (C=O) groups excluding carboxylic acids is 1. The van der Waals surface area contributed by atoms with Gasteiger partial charge in [-0.05, 0) is 47.5 Å². The first-order valence-corrected chi connectivity index (χ1v) is 8.10. The van der Waals surface area contributed by atoms with Crippen LogP contribution in [0.15, 0.2) is 48.7 Å². The molecular formula is C21H22O6. The van der Waals surface area contributed by atoms with E-state index in [4.69, 9.17) is 23.7 Å². The molecular weight excluding hydrogens is 348 g/mol. The second-order valence-electron chi connectivity index (χ2n) is 5.30. The predicted molar refractivity (Wildman–Crippen MR) is 103 cm³/mol. The molecule has 0 saturated carbocycles. The number of methoxy groups -OCH3 is 4. The first-order chi connectivity index (χ1) is 13.1. The van der Waals surface area contributed by atoms with Crippen molar-refractivity contribution in [3.05, 3.63) is 59.9 Å². The number of esters is 1. The lowest BCUT2D eigenvalue weighted by molar-refractivity contribution is -0.132. The zero-order valence-electron chi connectivity index (χ0n) is 15.7. The maximum Gasteiger partial charge on any atom is 0.335 e. The van der Waals surface area contributed by atoms with Gasteiger partial charge in [0.15, 0.2) is 23.0 Å². The molecule has 6 nitrogen and oxygen atoms in total. The predicted octanol–water partition coefficient (Wildman–Crippen LogP) is 3.95. The summed E-state index contributed by atoms with van der Waals surface area (Å²) < 4.78 is 25.9. The topological polar surface area (TPSA) is 63.2 Å². The van der Waals surface area contributed by atoms with Crippen LogP contribution < -0.4 is 18.9 Å². The quantitative estimate of drug-likeness (QED) is 0.398. The van der Waals surface area contributed by atoms with Gasteiger partial charge in [-0.1, -0.05) is 12.1 Å². The molecule has 0 aromatic heterocycles. The molecule has 0 aliphatic rings. The van der Waals surface area contributed by atoms with Crippen LogP contribution in [-0.2, 0) is 9.53 Å². The average molecular weight is 370 g/mol. The van der Waals surface area contributed by atoms with Crippen molar-refractivity contribution < 1.29 is 28.5 Å². The zero-order valence-corrected chi connectivity index (χ0v) is 15.7. The molecule has 0 unspecified atom stereocenters. The van der Waals surface area contributed by atoms with Gasteiger partial charge in [0, 0.05) is 6.08 Å². The van der Waals surface area contributed by atoms with Crippen LogP contribution in [0.3, 0.4) is 0 Å². The van der Waals surface area contributed by atoms with Crippen molar-refractivity contribution in [1.82, 2.24) is 0 Å². The third-order valence-electron chi connectivity index (χ3n) is 3.67. The minimum Gasteiger partial charge on any atom is -0.493 e. The number of ether oxygens (including phenoxy) is 5. The summed E-state index contributed by atoms with van der Waals surface area (Å²) >= 11 is 0. The highest BCUT2D eigenvalue weighted by atomic mass is 16.5. The van der Waals surface area contributed by atoms with E-state index in [1.165, 1.54) is 12.3 Å². The minimum atomic E-state index is -0.499. The van der Waals surface area contributed by atoms with Crippen LogP contribution in [0.5, 0.6) is 23.0 Å². The van der Waals surface area contributed by atoms with Crippen LogP contribution in [-0.4, -0.2) is 34.4 Å². The standard InChI is InChI=1S/C21H22O6/c1-23-17-8-5-15(13-19(17)25-3)7-10-21(22)27-12-11-16-6-9-18(24-2)20(14-16)26-4/h5-14H,1-4H3/b10-7+,12-11?. The fourth-order valence-corrected chi connectivity index (χ4v) is 2.30. The minimum absolute atomic E-state index is 0.499. The van der Waals surface area contributed by atoms with E-state index in [2.05, 4.69) is 0 Å². The SMILES string of the molecule is COc1ccc(C=COC(=O)/C=C/c2ccc(OC)c(OC)c2)cc1OC. The molecule has 0 N–H and O–H groups in total. The van der Waals surface area contributed by atoms with Crippen LogP contribution >= 0.6 is 0 Å². The van der Waals surface area contributed by atoms with Crippen molar-refractivity contribution in [3.63, 3.8) is 0 Å². The van der Waals surface area contributed by atoms with Gasteiger partial charge in [0.2, 0.25) is 0 Å². The first kappa shape index (κ1) is 19.9. The van der Waals surface area contributed by atoms with Crippen LogP contribution in [0, 0.1) is 0 Å². The smallest absolute Gasteiger partial charge is 0.335 e. The second kappa shape index (κ2) is 9.91. The van der Waals surface area contributed by atoms with Crippen LogP contribution in [0.25, 0.3) is 12.2 Å². The van der Waals surface area contributed by atoms with Crippen molar-refractivity contribution in [2.45, 2.75) is 0 Å². The lowest BCUT2D eigenvalue weighted by Gasteiger charge is -2.07. The van der Waals surface area contributed by atoms with Gasteiger partial charge in [-0.15, -0.1) is 0 Å². The average Bonchev–Trinajstić information content (AvgIpc) is 2.71. The van der Waals surface area contributed by atoms with Gasteiger partial charge in [-0.3, -0.25) is 0 Å². The van der Waals surface area contributed by atoms with Gasteiger partial charge in [0.25, 0.3) is 0 Å². The molecule has 0 fully saturated rings. The van der Waals surface area contributed by atoms with Crippen LogP contribution in [0.1, 0.15) is 11.1 Å². The van der Waals surface area contributed by atoms with E-state index in [9.17, 15) is 4.79 Å². The summed E-state index contributed by atoms with van der Waals surface area (Å²) in [5, 5.41) is 0. The number of benzene rings is 2. The van der Waals surface area contributed by atoms with E-state index in [1.807, 2.05) is 12.1 Å². The van der Waals surface area contributed by atoms with E-state index in [0.29, 0.717) is 23.0 Å². The van der Waals surface area contributed by atoms with Crippen LogP contribution in [0.2, 0.25) is 0 Å². The van der Waals surface area contributed by atoms with Gasteiger partial charge in [-0.25, -0.2) is 4.79 Å². The monoisotopic (exact) mass is 370 g/mol. The van der Waals surface area contributed by atoms with Gasteiger partial charge < -0.3 is 23.7 Å². The summed E-state index contributed by atoms with van der Waals surface area (Å²) in [6.45, 7) is 0. The van der Waals surface area contributed by atoms with Crippen molar-refractivity contribution in [1.29, 1.82) is 0 Å². The summed E-state index contributed by atoms with van der Waals surface area (Å²) in [6, 6.07) is 10.7. The highest BCUT2D eigenvalue weighted by molar-refractivity contribution is 5.87. The molecule has 0 heterocycles. The Balaban J connectivity index is 1.98. The van der Waals surface area contributed by atoms with E-state index in [0.717, 1.165) is 11.1 Å². The van der Waals surface area contributed by atoms with Crippen molar-refractivity contribution in [3.8, 4) is 23.0 Å². The molecule has 0 spiro atoms. The summed E-state index contributed by atoms with van der Waals surface area (Å²) in [4.78, 5) is 11.8. The van der Waals surface area contributed by atoms with Crippen molar-refractivity contribution in [2.24, 2.45) is 0 Å². The van der Waals surface area contributed by atoms with Crippen molar-refractivity contribution in [2.75, 3.05) is 28.4 Å². The van der Waals surface area contributed by atoms with Crippen molar-refractivity contribution >= 4 is 18.1 Å². The third kappa shape index (κ3) is 5.54. The Kier molecular flexibility index (Phi) is 7.31. The molecule has 0 aliphatic carbocycles. The van der Waals surface area contributed by atoms with E-state index < -0.39 is 5.97 Å². The molecule has 2 aromatic carbocycles. The Hall–Kier alpha value is -3.41. The van der Waals surface area contributed by atoms with E-state index in [-0.39, 0.29) is 0 Å². The number of rotatable bonds is 8. The molecule has 0 amide bonds. The number of hydrogen-bond acceptors (Lipinski definition) is 6. The highest BCUT2D eigenvalue weighted by Gasteiger charge is 2.04. The first-order valence-electron chi connectivity index (χ1n) is 8.10. The molecule has 2 aromatic rings. The lowest BCUT2D eigenvalue weighted by Crippen LogP contribution is -1.94. The van der Waals surface area contributed by atoms with Gasteiger partial charge in [0.05, 0.1) is 34.7 Å².